The molecule has 1 unspecified atom stereocenters. The van der Waals surface area contributed by atoms with E-state index in [1.807, 2.05) is 6.92 Å². The molecule has 1 fully saturated rings. The minimum absolute atomic E-state index is 0.00589. The average molecular weight is 195 g/mol. The Hall–Kier alpha value is -1.08. The molecule has 1 atom stereocenters. The highest BCUT2D eigenvalue weighted by molar-refractivity contribution is 5.82. The molecule has 0 aromatic carbocycles. The number of nitrogens with one attached hydrogen (secondary N) is 1. The summed E-state index contributed by atoms with van der Waals surface area (Å²) in [5, 5.41) is 11.6. The molecule has 0 aliphatic carbocycles. The van der Waals surface area contributed by atoms with Crippen LogP contribution in [0.25, 0.3) is 0 Å². The number of hydrogen-bond acceptors (Lipinski definition) is 3. The van der Waals surface area contributed by atoms with Gasteiger partial charge in [0.1, 0.15) is 0 Å². The third kappa shape index (κ3) is 2.71. The van der Waals surface area contributed by atoms with Crippen molar-refractivity contribution in [3.05, 3.63) is 0 Å². The highest BCUT2D eigenvalue weighted by Crippen LogP contribution is 2.08. The van der Waals surface area contributed by atoms with Crippen molar-refractivity contribution in [2.45, 2.75) is 32.2 Å². The zero-order valence-electron chi connectivity index (χ0n) is 8.62. The van der Waals surface area contributed by atoms with Gasteiger partial charge < -0.3 is 10.2 Å². The van der Waals surface area contributed by atoms with Crippen LogP contribution in [-0.2, 0) is 4.79 Å². The summed E-state index contributed by atoms with van der Waals surface area (Å²) < 4.78 is 0. The molecule has 1 aliphatic rings. The zero-order chi connectivity index (χ0) is 10.4. The first kappa shape index (κ1) is 11.0. The van der Waals surface area contributed by atoms with Crippen LogP contribution in [0.2, 0.25) is 0 Å². The lowest BCUT2D eigenvalue weighted by atomic mass is 10.2. The van der Waals surface area contributed by atoms with E-state index in [1.54, 1.807) is 4.90 Å². The molecule has 1 rings (SSSR count). The van der Waals surface area contributed by atoms with Crippen LogP contribution >= 0.6 is 0 Å². The van der Waals surface area contributed by atoms with Crippen LogP contribution in [0, 0.1) is 11.3 Å². The first-order valence-corrected chi connectivity index (χ1v) is 5.18. The number of carbonyl (C=O) groups excluding carboxylic acids is 1. The fourth-order valence-corrected chi connectivity index (χ4v) is 1.72. The molecule has 1 N–H and O–H groups in total. The average Bonchev–Trinajstić information content (AvgIpc) is 2.71. The Labute approximate surface area is 84.9 Å². The van der Waals surface area contributed by atoms with Crippen molar-refractivity contribution in [2.24, 2.45) is 0 Å². The minimum atomic E-state index is -0.00589. The maximum absolute atomic E-state index is 11.8. The molecule has 4 nitrogen and oxygen atoms in total. The van der Waals surface area contributed by atoms with E-state index in [-0.39, 0.29) is 11.9 Å². The van der Waals surface area contributed by atoms with E-state index in [1.165, 1.54) is 0 Å². The minimum Gasteiger partial charge on any atom is -0.341 e. The van der Waals surface area contributed by atoms with E-state index in [0.29, 0.717) is 19.5 Å². The summed E-state index contributed by atoms with van der Waals surface area (Å²) >= 11 is 0. The van der Waals surface area contributed by atoms with E-state index in [0.717, 1.165) is 19.4 Å². The van der Waals surface area contributed by atoms with Gasteiger partial charge in [0.2, 0.25) is 5.91 Å². The summed E-state index contributed by atoms with van der Waals surface area (Å²) in [6.45, 7) is 4.14. The maximum Gasteiger partial charge on any atom is 0.239 e. The van der Waals surface area contributed by atoms with Gasteiger partial charge in [0.05, 0.1) is 18.5 Å². The number of nitriles is 1. The Morgan fingerprint density at radius 2 is 2.50 bits per heavy atom. The standard InChI is InChI=1S/C10H17N3O/c1-2-13(8-4-6-11)10(14)9-5-3-7-12-9/h9,12H,2-5,7-8H2,1H3. The van der Waals surface area contributed by atoms with Crippen LogP contribution in [0.3, 0.4) is 0 Å². The quantitative estimate of drug-likeness (QED) is 0.710. The lowest BCUT2D eigenvalue weighted by Gasteiger charge is -2.23. The number of hydrogen-bond donors (Lipinski definition) is 1. The van der Waals surface area contributed by atoms with Crippen LogP contribution in [0.4, 0.5) is 0 Å². The van der Waals surface area contributed by atoms with Gasteiger partial charge in [-0.15, -0.1) is 0 Å². The summed E-state index contributed by atoms with van der Waals surface area (Å²) in [7, 11) is 0. The van der Waals surface area contributed by atoms with Crippen LogP contribution < -0.4 is 5.32 Å². The van der Waals surface area contributed by atoms with Gasteiger partial charge >= 0.3 is 0 Å². The second-order valence-electron chi connectivity index (χ2n) is 3.47. The predicted molar refractivity (Wildman–Crippen MR) is 53.5 cm³/mol. The fraction of sp³-hybridized carbons (Fsp3) is 0.800. The van der Waals surface area contributed by atoms with E-state index in [2.05, 4.69) is 11.4 Å². The molecule has 0 saturated carbocycles. The second-order valence-corrected chi connectivity index (χ2v) is 3.47. The van der Waals surface area contributed by atoms with Gasteiger partial charge in [-0.05, 0) is 26.3 Å². The molecular weight excluding hydrogens is 178 g/mol. The monoisotopic (exact) mass is 195 g/mol. The van der Waals surface area contributed by atoms with Crippen molar-refractivity contribution in [3.63, 3.8) is 0 Å². The van der Waals surface area contributed by atoms with Gasteiger partial charge in [0, 0.05) is 13.1 Å². The molecular formula is C10H17N3O. The molecule has 1 amide bonds. The number of likely N-dealkylation sites (N-methyl/N-ethyl adjacent to an activating group) is 1. The largest absolute Gasteiger partial charge is 0.341 e. The van der Waals surface area contributed by atoms with E-state index in [4.69, 9.17) is 5.26 Å². The topological polar surface area (TPSA) is 56.1 Å². The maximum atomic E-state index is 11.8. The van der Waals surface area contributed by atoms with Crippen molar-refractivity contribution in [2.75, 3.05) is 19.6 Å². The third-order valence-corrected chi connectivity index (χ3v) is 2.55. The van der Waals surface area contributed by atoms with Crippen LogP contribution in [-0.4, -0.2) is 36.5 Å². The van der Waals surface area contributed by atoms with Crippen LogP contribution in [0.1, 0.15) is 26.2 Å². The smallest absolute Gasteiger partial charge is 0.239 e. The molecule has 0 spiro atoms. The summed E-state index contributed by atoms with van der Waals surface area (Å²) in [6.07, 6.45) is 2.43. The SMILES string of the molecule is CCN(CCC#N)C(=O)C1CCCN1. The van der Waals surface area contributed by atoms with Gasteiger partial charge in [-0.3, -0.25) is 4.79 Å². The van der Waals surface area contributed by atoms with E-state index in [9.17, 15) is 4.79 Å². The number of carbonyl (C=O) groups is 1. The highest BCUT2D eigenvalue weighted by atomic mass is 16.2. The molecule has 0 radical (unpaired) electrons. The molecule has 0 bridgehead atoms. The fourth-order valence-electron chi connectivity index (χ4n) is 1.72. The summed E-state index contributed by atoms with van der Waals surface area (Å²) in [4.78, 5) is 13.6. The Morgan fingerprint density at radius 3 is 3.00 bits per heavy atom. The van der Waals surface area contributed by atoms with Gasteiger partial charge in [0.25, 0.3) is 0 Å². The van der Waals surface area contributed by atoms with Gasteiger partial charge in [-0.2, -0.15) is 5.26 Å². The Morgan fingerprint density at radius 1 is 1.71 bits per heavy atom. The van der Waals surface area contributed by atoms with Crippen LogP contribution in [0.15, 0.2) is 0 Å². The molecule has 4 heteroatoms. The van der Waals surface area contributed by atoms with Crippen LogP contribution in [0.5, 0.6) is 0 Å². The Kier molecular flexibility index (Phi) is 4.41. The van der Waals surface area contributed by atoms with Crippen molar-refractivity contribution < 1.29 is 4.79 Å². The molecule has 1 heterocycles. The molecule has 1 aliphatic heterocycles. The predicted octanol–water partition coefficient (Wildman–Crippen LogP) is 0.501. The zero-order valence-corrected chi connectivity index (χ0v) is 8.62. The summed E-state index contributed by atoms with van der Waals surface area (Å²) in [6, 6.07) is 2.06. The number of amides is 1. The molecule has 0 aromatic heterocycles. The highest BCUT2D eigenvalue weighted by Gasteiger charge is 2.25. The molecule has 1 saturated heterocycles. The van der Waals surface area contributed by atoms with Crippen molar-refractivity contribution in [1.29, 1.82) is 5.26 Å². The van der Waals surface area contributed by atoms with E-state index >= 15 is 0 Å². The molecule has 78 valence electrons. The van der Waals surface area contributed by atoms with Crippen molar-refractivity contribution in [3.8, 4) is 6.07 Å². The summed E-state index contributed by atoms with van der Waals surface area (Å²) in [5.74, 6) is 0.153. The van der Waals surface area contributed by atoms with E-state index < -0.39 is 0 Å². The Bertz CT molecular complexity index is 228. The van der Waals surface area contributed by atoms with Gasteiger partial charge in [-0.1, -0.05) is 0 Å². The third-order valence-electron chi connectivity index (χ3n) is 2.55. The number of nitrogens with zero attached hydrogens (tertiary/aromatic N) is 2. The number of rotatable bonds is 4. The first-order valence-electron chi connectivity index (χ1n) is 5.18. The van der Waals surface area contributed by atoms with Gasteiger partial charge in [0.15, 0.2) is 0 Å². The molecule has 14 heavy (non-hydrogen) atoms. The van der Waals surface area contributed by atoms with Gasteiger partial charge in [-0.25, -0.2) is 0 Å². The molecule has 0 aromatic rings. The van der Waals surface area contributed by atoms with Crippen molar-refractivity contribution in [1.82, 2.24) is 10.2 Å². The second kappa shape index (κ2) is 5.61. The normalized spacial score (nSPS) is 20.4. The first-order chi connectivity index (χ1) is 6.79. The lowest BCUT2D eigenvalue weighted by molar-refractivity contribution is -0.132. The summed E-state index contributed by atoms with van der Waals surface area (Å²) in [5.41, 5.74) is 0. The lowest BCUT2D eigenvalue weighted by Crippen LogP contribution is -2.43. The van der Waals surface area contributed by atoms with Crippen molar-refractivity contribution >= 4 is 5.91 Å². The Balaban J connectivity index is 2.42.